The molecule has 0 bridgehead atoms. The van der Waals surface area contributed by atoms with Crippen LogP contribution in [-0.2, 0) is 13.7 Å². The SMILES string of the molecule is Cc1ccc(OCc2cc(C(=O)N(C)[C@H](C)c3c(C)nn(C)c3C)no2)cn1. The molecule has 0 N–H and O–H groups in total. The van der Waals surface area contributed by atoms with Crippen molar-refractivity contribution in [2.24, 2.45) is 7.05 Å². The molecule has 28 heavy (non-hydrogen) atoms. The normalized spacial score (nSPS) is 12.1. The molecule has 3 aromatic rings. The minimum absolute atomic E-state index is 0.142. The van der Waals surface area contributed by atoms with Crippen molar-refractivity contribution >= 4 is 5.91 Å². The second-order valence-electron chi connectivity index (χ2n) is 6.90. The first kappa shape index (κ1) is 19.6. The predicted octanol–water partition coefficient (Wildman–Crippen LogP) is 3.14. The fourth-order valence-electron chi connectivity index (χ4n) is 3.12. The van der Waals surface area contributed by atoms with Crippen molar-refractivity contribution in [1.29, 1.82) is 0 Å². The van der Waals surface area contributed by atoms with E-state index in [1.54, 1.807) is 24.2 Å². The number of hydrogen-bond acceptors (Lipinski definition) is 6. The minimum Gasteiger partial charge on any atom is -0.484 e. The first-order valence-electron chi connectivity index (χ1n) is 9.06. The van der Waals surface area contributed by atoms with Gasteiger partial charge in [-0.05, 0) is 39.8 Å². The van der Waals surface area contributed by atoms with Crippen LogP contribution < -0.4 is 4.74 Å². The largest absolute Gasteiger partial charge is 0.484 e. The summed E-state index contributed by atoms with van der Waals surface area (Å²) in [5.74, 6) is 0.879. The molecule has 0 spiro atoms. The third-order valence-electron chi connectivity index (χ3n) is 4.93. The van der Waals surface area contributed by atoms with Crippen molar-refractivity contribution in [3.8, 4) is 5.75 Å². The van der Waals surface area contributed by atoms with Crippen LogP contribution in [0.25, 0.3) is 0 Å². The van der Waals surface area contributed by atoms with Crippen LogP contribution in [0.1, 0.15) is 51.9 Å². The zero-order valence-electron chi connectivity index (χ0n) is 17.1. The van der Waals surface area contributed by atoms with E-state index in [0.29, 0.717) is 11.5 Å². The standard InChI is InChI=1S/C20H25N5O3/c1-12-7-8-16(10-21-12)27-11-17-9-18(23-28-17)20(26)24(5)14(3)19-13(2)22-25(6)15(19)4/h7-10,14H,11H2,1-6H3/t14-/m1/s1. The Kier molecular flexibility index (Phi) is 5.48. The van der Waals surface area contributed by atoms with Crippen molar-refractivity contribution in [2.75, 3.05) is 7.05 Å². The van der Waals surface area contributed by atoms with Crippen LogP contribution in [0.4, 0.5) is 0 Å². The van der Waals surface area contributed by atoms with Gasteiger partial charge in [-0.15, -0.1) is 0 Å². The van der Waals surface area contributed by atoms with Gasteiger partial charge in [0.05, 0.1) is 17.9 Å². The average molecular weight is 383 g/mol. The first-order chi connectivity index (χ1) is 13.3. The van der Waals surface area contributed by atoms with Gasteiger partial charge in [-0.25, -0.2) is 0 Å². The number of ether oxygens (including phenoxy) is 1. The number of hydrogen-bond donors (Lipinski definition) is 0. The van der Waals surface area contributed by atoms with Gasteiger partial charge in [0, 0.05) is 37.1 Å². The van der Waals surface area contributed by atoms with Crippen LogP contribution in [0.3, 0.4) is 0 Å². The molecule has 3 rings (SSSR count). The van der Waals surface area contributed by atoms with Crippen molar-refractivity contribution in [1.82, 2.24) is 24.8 Å². The van der Waals surface area contributed by atoms with Crippen LogP contribution in [0.15, 0.2) is 28.9 Å². The second-order valence-corrected chi connectivity index (χ2v) is 6.90. The summed E-state index contributed by atoms with van der Waals surface area (Å²) in [6.45, 7) is 8.00. The lowest BCUT2D eigenvalue weighted by molar-refractivity contribution is 0.0731. The van der Waals surface area contributed by atoms with E-state index < -0.39 is 0 Å². The maximum atomic E-state index is 12.8. The van der Waals surface area contributed by atoms with E-state index in [2.05, 4.69) is 15.2 Å². The number of amides is 1. The molecule has 3 heterocycles. The third kappa shape index (κ3) is 3.90. The molecule has 0 aromatic carbocycles. The van der Waals surface area contributed by atoms with Crippen LogP contribution in [-0.4, -0.2) is 37.8 Å². The number of pyridine rings is 1. The number of rotatable bonds is 6. The summed E-state index contributed by atoms with van der Waals surface area (Å²) in [6, 6.07) is 5.16. The highest BCUT2D eigenvalue weighted by atomic mass is 16.5. The van der Waals surface area contributed by atoms with E-state index in [0.717, 1.165) is 22.6 Å². The van der Waals surface area contributed by atoms with Gasteiger partial charge in [-0.3, -0.25) is 14.5 Å². The summed E-state index contributed by atoms with van der Waals surface area (Å²) in [7, 11) is 3.65. The Labute approximate surface area is 164 Å². The Bertz CT molecular complexity index is 974. The van der Waals surface area contributed by atoms with Gasteiger partial charge >= 0.3 is 0 Å². The first-order valence-corrected chi connectivity index (χ1v) is 9.06. The lowest BCUT2D eigenvalue weighted by atomic mass is 10.0. The Morgan fingerprint density at radius 3 is 2.68 bits per heavy atom. The van der Waals surface area contributed by atoms with E-state index in [1.807, 2.05) is 51.6 Å². The average Bonchev–Trinajstić information content (AvgIpc) is 3.24. The highest BCUT2D eigenvalue weighted by Crippen LogP contribution is 2.26. The van der Waals surface area contributed by atoms with Crippen LogP contribution in [0.2, 0.25) is 0 Å². The van der Waals surface area contributed by atoms with E-state index in [-0.39, 0.29) is 24.2 Å². The second kappa shape index (κ2) is 7.84. The monoisotopic (exact) mass is 383 g/mol. The quantitative estimate of drug-likeness (QED) is 0.650. The fraction of sp³-hybridized carbons (Fsp3) is 0.400. The predicted molar refractivity (Wildman–Crippen MR) is 103 cm³/mol. The summed E-state index contributed by atoms with van der Waals surface area (Å²) in [6.07, 6.45) is 1.64. The summed E-state index contributed by atoms with van der Waals surface area (Å²) in [5, 5.41) is 8.34. The van der Waals surface area contributed by atoms with Crippen molar-refractivity contribution in [3.05, 3.63) is 58.5 Å². The lowest BCUT2D eigenvalue weighted by Gasteiger charge is -2.24. The number of aryl methyl sites for hydroxylation is 3. The van der Waals surface area contributed by atoms with Gasteiger partial charge in [0.25, 0.3) is 5.91 Å². The molecule has 0 fully saturated rings. The van der Waals surface area contributed by atoms with Crippen LogP contribution in [0, 0.1) is 20.8 Å². The van der Waals surface area contributed by atoms with E-state index in [4.69, 9.17) is 9.26 Å². The summed E-state index contributed by atoms with van der Waals surface area (Å²) in [5.41, 5.74) is 4.14. The van der Waals surface area contributed by atoms with E-state index in [1.165, 1.54) is 0 Å². The minimum atomic E-state index is -0.220. The highest BCUT2D eigenvalue weighted by Gasteiger charge is 2.26. The topological polar surface area (TPSA) is 86.3 Å². The van der Waals surface area contributed by atoms with Crippen molar-refractivity contribution in [2.45, 2.75) is 40.3 Å². The van der Waals surface area contributed by atoms with Gasteiger partial charge < -0.3 is 14.2 Å². The Morgan fingerprint density at radius 2 is 2.07 bits per heavy atom. The van der Waals surface area contributed by atoms with Gasteiger partial charge in [-0.1, -0.05) is 5.16 Å². The lowest BCUT2D eigenvalue weighted by Crippen LogP contribution is -2.30. The van der Waals surface area contributed by atoms with Gasteiger partial charge in [0.2, 0.25) is 0 Å². The zero-order valence-corrected chi connectivity index (χ0v) is 17.1. The third-order valence-corrected chi connectivity index (χ3v) is 4.93. The maximum absolute atomic E-state index is 12.8. The molecular weight excluding hydrogens is 358 g/mol. The van der Waals surface area contributed by atoms with Crippen molar-refractivity contribution < 1.29 is 14.1 Å². The summed E-state index contributed by atoms with van der Waals surface area (Å²) >= 11 is 0. The molecule has 0 aliphatic rings. The van der Waals surface area contributed by atoms with Gasteiger partial charge in [0.1, 0.15) is 12.4 Å². The zero-order chi connectivity index (χ0) is 20.4. The number of aromatic nitrogens is 4. The Hall–Kier alpha value is -3.16. The molecular formula is C20H25N5O3. The molecule has 0 saturated carbocycles. The number of carbonyl (C=O) groups excluding carboxylic acids is 1. The van der Waals surface area contributed by atoms with Crippen LogP contribution >= 0.6 is 0 Å². The number of nitrogens with zero attached hydrogens (tertiary/aromatic N) is 5. The van der Waals surface area contributed by atoms with E-state index >= 15 is 0 Å². The molecule has 1 atom stereocenters. The maximum Gasteiger partial charge on any atom is 0.276 e. The smallest absolute Gasteiger partial charge is 0.276 e. The van der Waals surface area contributed by atoms with E-state index in [9.17, 15) is 4.79 Å². The highest BCUT2D eigenvalue weighted by molar-refractivity contribution is 5.92. The molecule has 0 aliphatic heterocycles. The molecule has 0 unspecified atom stereocenters. The molecule has 8 nitrogen and oxygen atoms in total. The Balaban J connectivity index is 1.68. The molecule has 1 amide bonds. The molecule has 0 saturated heterocycles. The fourth-order valence-corrected chi connectivity index (χ4v) is 3.12. The molecule has 8 heteroatoms. The molecule has 0 aliphatic carbocycles. The summed E-state index contributed by atoms with van der Waals surface area (Å²) < 4.78 is 12.7. The van der Waals surface area contributed by atoms with Crippen molar-refractivity contribution in [3.63, 3.8) is 0 Å². The Morgan fingerprint density at radius 1 is 1.32 bits per heavy atom. The molecule has 148 valence electrons. The summed E-state index contributed by atoms with van der Waals surface area (Å²) in [4.78, 5) is 18.7. The molecule has 3 aromatic heterocycles. The van der Waals surface area contributed by atoms with Gasteiger partial charge in [0.15, 0.2) is 11.5 Å². The number of carbonyl (C=O) groups is 1. The molecule has 0 radical (unpaired) electrons. The van der Waals surface area contributed by atoms with Gasteiger partial charge in [-0.2, -0.15) is 5.10 Å². The van der Waals surface area contributed by atoms with Crippen LogP contribution in [0.5, 0.6) is 5.75 Å².